The van der Waals surface area contributed by atoms with E-state index >= 15 is 0 Å². The number of ether oxygens (including phenoxy) is 1. The van der Waals surface area contributed by atoms with Crippen molar-refractivity contribution in [3.63, 3.8) is 0 Å². The van der Waals surface area contributed by atoms with Gasteiger partial charge in [-0.3, -0.25) is 9.59 Å². The molecule has 2 fully saturated rings. The Morgan fingerprint density at radius 1 is 1.28 bits per heavy atom. The molecule has 1 aromatic carbocycles. The second-order valence-electron chi connectivity index (χ2n) is 6.98. The van der Waals surface area contributed by atoms with Crippen molar-refractivity contribution in [2.24, 2.45) is 0 Å². The Balaban J connectivity index is 1.66. The van der Waals surface area contributed by atoms with Gasteiger partial charge in [0.05, 0.1) is 16.9 Å². The molecule has 0 spiro atoms. The van der Waals surface area contributed by atoms with Crippen LogP contribution in [0, 0.1) is 0 Å². The molecule has 1 aliphatic carbocycles. The van der Waals surface area contributed by atoms with Gasteiger partial charge in [0.25, 0.3) is 11.5 Å². The molecule has 1 saturated heterocycles. The van der Waals surface area contributed by atoms with Crippen LogP contribution in [-0.4, -0.2) is 39.5 Å². The summed E-state index contributed by atoms with van der Waals surface area (Å²) >= 11 is 0. The molecule has 0 bridgehead atoms. The van der Waals surface area contributed by atoms with Crippen molar-refractivity contribution in [1.29, 1.82) is 0 Å². The van der Waals surface area contributed by atoms with E-state index in [9.17, 15) is 9.59 Å². The Kier molecular flexibility index (Phi) is 4.29. The van der Waals surface area contributed by atoms with Crippen LogP contribution in [0.2, 0.25) is 0 Å². The molecule has 0 radical (unpaired) electrons. The van der Waals surface area contributed by atoms with Gasteiger partial charge in [-0.15, -0.1) is 0 Å². The summed E-state index contributed by atoms with van der Waals surface area (Å²) in [7, 11) is 0. The standard InChI is InChI=1S/C19H23N3O3/c1-12(17-20-15-7-3-2-6-14(15)18(23)21-17)22(13-9-10-13)19(24)16-8-4-5-11-25-16/h2-3,6-7,12-13,16H,4-5,8-11H2,1H3,(H,20,21,23)/t12-,16-/m1/s1. The van der Waals surface area contributed by atoms with Gasteiger partial charge in [-0.2, -0.15) is 0 Å². The van der Waals surface area contributed by atoms with Crippen LogP contribution in [-0.2, 0) is 9.53 Å². The van der Waals surface area contributed by atoms with Crippen LogP contribution in [0.25, 0.3) is 10.9 Å². The minimum absolute atomic E-state index is 0.0329. The van der Waals surface area contributed by atoms with Crippen LogP contribution >= 0.6 is 0 Å². The SMILES string of the molecule is C[C@H](c1nc2ccccc2c(=O)[nH]1)N(C(=O)[C@H]1CCCCO1)C1CC1. The molecule has 25 heavy (non-hydrogen) atoms. The molecule has 6 nitrogen and oxygen atoms in total. The van der Waals surface area contributed by atoms with E-state index in [1.54, 1.807) is 6.07 Å². The fourth-order valence-corrected chi connectivity index (χ4v) is 3.58. The van der Waals surface area contributed by atoms with Crippen molar-refractivity contribution < 1.29 is 9.53 Å². The first kappa shape index (κ1) is 16.3. The Bertz CT molecular complexity index is 837. The number of nitrogens with zero attached hydrogens (tertiary/aromatic N) is 2. The predicted octanol–water partition coefficient (Wildman–Crippen LogP) is 2.54. The summed E-state index contributed by atoms with van der Waals surface area (Å²) in [5.41, 5.74) is 0.495. The molecule has 1 aromatic heterocycles. The highest BCUT2D eigenvalue weighted by Crippen LogP contribution is 2.35. The first-order valence-corrected chi connectivity index (χ1v) is 9.08. The molecule has 1 N–H and O–H groups in total. The molecule has 1 saturated carbocycles. The normalized spacial score (nSPS) is 21.9. The van der Waals surface area contributed by atoms with E-state index in [0.717, 1.165) is 32.1 Å². The summed E-state index contributed by atoms with van der Waals surface area (Å²) in [6, 6.07) is 7.22. The number of hydrogen-bond donors (Lipinski definition) is 1. The lowest BCUT2D eigenvalue weighted by Gasteiger charge is -2.33. The molecule has 2 heterocycles. The van der Waals surface area contributed by atoms with E-state index in [4.69, 9.17) is 4.74 Å². The summed E-state index contributed by atoms with van der Waals surface area (Å²) < 4.78 is 5.70. The minimum atomic E-state index is -0.357. The van der Waals surface area contributed by atoms with Crippen molar-refractivity contribution in [2.45, 2.75) is 57.2 Å². The number of carbonyl (C=O) groups excluding carboxylic acids is 1. The fraction of sp³-hybridized carbons (Fsp3) is 0.526. The number of hydrogen-bond acceptors (Lipinski definition) is 4. The molecule has 0 unspecified atom stereocenters. The van der Waals surface area contributed by atoms with E-state index in [-0.39, 0.29) is 29.7 Å². The number of aromatic nitrogens is 2. The first-order chi connectivity index (χ1) is 12.1. The Morgan fingerprint density at radius 3 is 2.80 bits per heavy atom. The molecule has 1 amide bonds. The third-order valence-corrected chi connectivity index (χ3v) is 5.09. The highest BCUT2D eigenvalue weighted by molar-refractivity contribution is 5.82. The lowest BCUT2D eigenvalue weighted by atomic mass is 10.1. The number of fused-ring (bicyclic) bond motifs is 1. The molecule has 2 atom stereocenters. The number of para-hydroxylation sites is 1. The number of carbonyl (C=O) groups is 1. The summed E-state index contributed by atoms with van der Waals surface area (Å²) in [6.07, 6.45) is 4.46. The van der Waals surface area contributed by atoms with Gasteiger partial charge in [0, 0.05) is 12.6 Å². The van der Waals surface area contributed by atoms with Crippen LogP contribution < -0.4 is 5.56 Å². The molecule has 132 valence electrons. The maximum absolute atomic E-state index is 13.0. The number of nitrogens with one attached hydrogen (secondary N) is 1. The summed E-state index contributed by atoms with van der Waals surface area (Å²) in [5.74, 6) is 0.574. The summed E-state index contributed by atoms with van der Waals surface area (Å²) in [6.45, 7) is 2.58. The number of aromatic amines is 1. The lowest BCUT2D eigenvalue weighted by molar-refractivity contribution is -0.149. The van der Waals surface area contributed by atoms with Crippen LogP contribution in [0.3, 0.4) is 0 Å². The summed E-state index contributed by atoms with van der Waals surface area (Å²) in [5, 5.41) is 0.568. The third kappa shape index (κ3) is 3.18. The highest BCUT2D eigenvalue weighted by Gasteiger charge is 2.40. The van der Waals surface area contributed by atoms with Gasteiger partial charge >= 0.3 is 0 Å². The van der Waals surface area contributed by atoms with Crippen LogP contribution in [0.15, 0.2) is 29.1 Å². The van der Waals surface area contributed by atoms with Gasteiger partial charge in [-0.1, -0.05) is 12.1 Å². The van der Waals surface area contributed by atoms with Crippen molar-refractivity contribution in [3.8, 4) is 0 Å². The average Bonchev–Trinajstić information content (AvgIpc) is 3.47. The number of benzene rings is 1. The smallest absolute Gasteiger partial charge is 0.258 e. The molecular weight excluding hydrogens is 318 g/mol. The number of H-pyrrole nitrogens is 1. The second kappa shape index (κ2) is 6.59. The van der Waals surface area contributed by atoms with E-state index in [1.165, 1.54) is 0 Å². The van der Waals surface area contributed by atoms with Gasteiger partial charge < -0.3 is 14.6 Å². The quantitative estimate of drug-likeness (QED) is 0.927. The van der Waals surface area contributed by atoms with Crippen LogP contribution in [0.5, 0.6) is 0 Å². The van der Waals surface area contributed by atoms with Gasteiger partial charge in [-0.05, 0) is 51.2 Å². The van der Waals surface area contributed by atoms with E-state index < -0.39 is 0 Å². The van der Waals surface area contributed by atoms with Crippen LogP contribution in [0.1, 0.15) is 50.9 Å². The summed E-state index contributed by atoms with van der Waals surface area (Å²) in [4.78, 5) is 34.7. The van der Waals surface area contributed by atoms with Crippen molar-refractivity contribution >= 4 is 16.8 Å². The molecule has 2 aromatic rings. The highest BCUT2D eigenvalue weighted by atomic mass is 16.5. The molecular formula is C19H23N3O3. The Morgan fingerprint density at radius 2 is 2.08 bits per heavy atom. The maximum atomic E-state index is 13.0. The lowest BCUT2D eigenvalue weighted by Crippen LogP contribution is -2.45. The zero-order valence-corrected chi connectivity index (χ0v) is 14.4. The van der Waals surface area contributed by atoms with Crippen molar-refractivity contribution in [1.82, 2.24) is 14.9 Å². The molecule has 1 aliphatic heterocycles. The first-order valence-electron chi connectivity index (χ1n) is 9.08. The van der Waals surface area contributed by atoms with Gasteiger partial charge in [0.1, 0.15) is 11.9 Å². The van der Waals surface area contributed by atoms with Crippen LogP contribution in [0.4, 0.5) is 0 Å². The Labute approximate surface area is 146 Å². The number of rotatable bonds is 4. The van der Waals surface area contributed by atoms with Gasteiger partial charge in [0.2, 0.25) is 0 Å². The zero-order chi connectivity index (χ0) is 17.4. The van der Waals surface area contributed by atoms with E-state index in [0.29, 0.717) is 23.3 Å². The minimum Gasteiger partial charge on any atom is -0.368 e. The van der Waals surface area contributed by atoms with E-state index in [1.807, 2.05) is 30.0 Å². The second-order valence-corrected chi connectivity index (χ2v) is 6.98. The topological polar surface area (TPSA) is 75.3 Å². The van der Waals surface area contributed by atoms with E-state index in [2.05, 4.69) is 9.97 Å². The molecule has 2 aliphatic rings. The maximum Gasteiger partial charge on any atom is 0.258 e. The average molecular weight is 341 g/mol. The monoisotopic (exact) mass is 341 g/mol. The Hall–Kier alpha value is -2.21. The van der Waals surface area contributed by atoms with Crippen molar-refractivity contribution in [2.75, 3.05) is 6.61 Å². The van der Waals surface area contributed by atoms with Crippen molar-refractivity contribution in [3.05, 3.63) is 40.4 Å². The molecule has 6 heteroatoms. The number of amides is 1. The largest absolute Gasteiger partial charge is 0.368 e. The zero-order valence-electron chi connectivity index (χ0n) is 14.4. The molecule has 4 rings (SSSR count). The van der Waals surface area contributed by atoms with Gasteiger partial charge in [-0.25, -0.2) is 4.98 Å². The predicted molar refractivity (Wildman–Crippen MR) is 94.2 cm³/mol. The van der Waals surface area contributed by atoms with Gasteiger partial charge in [0.15, 0.2) is 0 Å². The third-order valence-electron chi connectivity index (χ3n) is 5.09. The fourth-order valence-electron chi connectivity index (χ4n) is 3.58.